The number of hydrogen-bond acceptors (Lipinski definition) is 9. The van der Waals surface area contributed by atoms with Crippen LogP contribution in [0.15, 0.2) is 56.4 Å². The molecule has 0 aliphatic carbocycles. The number of phenols is 1. The fraction of sp³-hybridized carbons (Fsp3) is 0.111. The van der Waals surface area contributed by atoms with Gasteiger partial charge in [-0.05, 0) is 42.1 Å². The van der Waals surface area contributed by atoms with Gasteiger partial charge < -0.3 is 15.6 Å². The van der Waals surface area contributed by atoms with Gasteiger partial charge in [-0.1, -0.05) is 0 Å². The van der Waals surface area contributed by atoms with Crippen molar-refractivity contribution in [2.24, 2.45) is 10.2 Å². The fourth-order valence-corrected chi connectivity index (χ4v) is 3.96. The van der Waals surface area contributed by atoms with Crippen LogP contribution in [0.25, 0.3) is 10.8 Å². The summed E-state index contributed by atoms with van der Waals surface area (Å²) in [5.74, 6) is -0.274. The Morgan fingerprint density at radius 3 is 1.97 bits per heavy atom. The summed E-state index contributed by atoms with van der Waals surface area (Å²) in [6.07, 6.45) is 0. The molecule has 0 aliphatic heterocycles. The first-order valence-corrected chi connectivity index (χ1v) is 11.3. The zero-order valence-corrected chi connectivity index (χ0v) is 17.8. The molecule has 0 saturated carbocycles. The second-order valence-corrected chi connectivity index (χ2v) is 9.36. The molecule has 0 bridgehead atoms. The van der Waals surface area contributed by atoms with Crippen LogP contribution in [0.3, 0.4) is 0 Å². The monoisotopic (exact) mass is 467 g/mol. The molecule has 164 valence electrons. The number of phenolic OH excluding ortho intramolecular Hbond substituents is 1. The van der Waals surface area contributed by atoms with Gasteiger partial charge in [0.25, 0.3) is 20.2 Å². The summed E-state index contributed by atoms with van der Waals surface area (Å²) in [6.45, 7) is 1.70. The van der Waals surface area contributed by atoms with Gasteiger partial charge in [0.15, 0.2) is 0 Å². The van der Waals surface area contributed by atoms with Crippen LogP contribution in [-0.2, 0) is 20.2 Å². The summed E-state index contributed by atoms with van der Waals surface area (Å²) in [4.78, 5) is -1.29. The molecule has 0 saturated heterocycles. The van der Waals surface area contributed by atoms with Crippen molar-refractivity contribution in [3.05, 3.63) is 42.0 Å². The summed E-state index contributed by atoms with van der Waals surface area (Å²) in [7, 11) is -8.01. The molecule has 0 aliphatic rings. The Morgan fingerprint density at radius 1 is 0.871 bits per heavy atom. The van der Waals surface area contributed by atoms with Gasteiger partial charge in [-0.25, -0.2) is 0 Å². The third-order valence-corrected chi connectivity index (χ3v) is 6.03. The number of benzene rings is 3. The summed E-state index contributed by atoms with van der Waals surface area (Å²) in [5.41, 5.74) is 6.96. The van der Waals surface area contributed by atoms with Crippen LogP contribution in [0.2, 0.25) is 0 Å². The average Bonchev–Trinajstić information content (AvgIpc) is 2.65. The Balaban J connectivity index is 2.30. The van der Waals surface area contributed by atoms with E-state index in [1.807, 2.05) is 0 Å². The first-order valence-electron chi connectivity index (χ1n) is 8.43. The highest BCUT2D eigenvalue weighted by Crippen LogP contribution is 2.39. The lowest BCUT2D eigenvalue weighted by molar-refractivity contribution is 0.417. The number of nitrogen functional groups attached to an aromatic ring is 1. The van der Waals surface area contributed by atoms with E-state index >= 15 is 0 Å². The molecular formula is C18H17N3O8S2. The van der Waals surface area contributed by atoms with E-state index in [1.54, 1.807) is 13.0 Å². The van der Waals surface area contributed by atoms with Gasteiger partial charge in [0, 0.05) is 12.1 Å². The van der Waals surface area contributed by atoms with Crippen molar-refractivity contribution in [1.29, 1.82) is 0 Å². The van der Waals surface area contributed by atoms with E-state index in [9.17, 15) is 31.0 Å². The van der Waals surface area contributed by atoms with Gasteiger partial charge in [-0.2, -0.15) is 21.9 Å². The van der Waals surface area contributed by atoms with Crippen molar-refractivity contribution in [1.82, 2.24) is 0 Å². The SMILES string of the molecule is COc1cc(/N=N/c2cc(S(=O)(=O)O)cc3cc(S(=O)(=O)O)cc(O)c23)c(C)cc1N. The topological polar surface area (TPSA) is 189 Å². The van der Waals surface area contributed by atoms with Gasteiger partial charge >= 0.3 is 0 Å². The first kappa shape index (κ1) is 22.4. The lowest BCUT2D eigenvalue weighted by Gasteiger charge is -2.10. The van der Waals surface area contributed by atoms with Crippen molar-refractivity contribution < 1.29 is 35.8 Å². The van der Waals surface area contributed by atoms with Crippen molar-refractivity contribution in [2.45, 2.75) is 16.7 Å². The lowest BCUT2D eigenvalue weighted by atomic mass is 10.1. The third-order valence-electron chi connectivity index (χ3n) is 4.36. The van der Waals surface area contributed by atoms with Crippen molar-refractivity contribution >= 4 is 48.1 Å². The van der Waals surface area contributed by atoms with Crippen LogP contribution < -0.4 is 10.5 Å². The quantitative estimate of drug-likeness (QED) is 0.248. The highest BCUT2D eigenvalue weighted by molar-refractivity contribution is 7.86. The van der Waals surface area contributed by atoms with E-state index in [0.717, 1.165) is 24.3 Å². The number of anilines is 1. The van der Waals surface area contributed by atoms with Gasteiger partial charge in [-0.3, -0.25) is 9.11 Å². The number of rotatable bonds is 5. The van der Waals surface area contributed by atoms with E-state index < -0.39 is 35.8 Å². The third kappa shape index (κ3) is 4.59. The minimum atomic E-state index is -4.72. The largest absolute Gasteiger partial charge is 0.507 e. The van der Waals surface area contributed by atoms with Crippen molar-refractivity contribution in [3.8, 4) is 11.5 Å². The number of aromatic hydroxyl groups is 1. The number of ether oxygens (including phenoxy) is 1. The summed E-state index contributed by atoms with van der Waals surface area (Å²) in [5, 5.41) is 18.2. The Bertz CT molecular complexity index is 1440. The molecule has 0 spiro atoms. The van der Waals surface area contributed by atoms with Crippen LogP contribution in [0.1, 0.15) is 5.56 Å². The molecule has 0 fully saturated rings. The molecule has 0 unspecified atom stereocenters. The van der Waals surface area contributed by atoms with Gasteiger partial charge in [-0.15, -0.1) is 5.11 Å². The Hall–Kier alpha value is -3.26. The number of methoxy groups -OCH3 is 1. The minimum absolute atomic E-state index is 0.0522. The fourth-order valence-electron chi connectivity index (χ4n) is 2.89. The minimum Gasteiger partial charge on any atom is -0.507 e. The van der Waals surface area contributed by atoms with Crippen molar-refractivity contribution in [3.63, 3.8) is 0 Å². The smallest absolute Gasteiger partial charge is 0.294 e. The summed E-state index contributed by atoms with van der Waals surface area (Å²) in [6, 6.07) is 6.68. The molecule has 3 aromatic rings. The Kier molecular flexibility index (Phi) is 5.62. The highest BCUT2D eigenvalue weighted by atomic mass is 32.2. The van der Waals surface area contributed by atoms with E-state index in [2.05, 4.69) is 10.2 Å². The zero-order valence-electron chi connectivity index (χ0n) is 16.1. The molecule has 0 amide bonds. The van der Waals surface area contributed by atoms with Crippen LogP contribution in [0.4, 0.5) is 17.1 Å². The first-order chi connectivity index (χ1) is 14.3. The summed E-state index contributed by atoms with van der Waals surface area (Å²) >= 11 is 0. The molecule has 0 radical (unpaired) electrons. The van der Waals surface area contributed by atoms with E-state index in [4.69, 9.17) is 10.5 Å². The number of aryl methyl sites for hydroxylation is 1. The van der Waals surface area contributed by atoms with E-state index in [0.29, 0.717) is 22.7 Å². The molecular weight excluding hydrogens is 450 g/mol. The molecule has 0 heterocycles. The average molecular weight is 467 g/mol. The maximum absolute atomic E-state index is 11.7. The normalized spacial score (nSPS) is 12.5. The Morgan fingerprint density at radius 2 is 1.42 bits per heavy atom. The van der Waals surface area contributed by atoms with Gasteiger partial charge in [0.1, 0.15) is 11.5 Å². The van der Waals surface area contributed by atoms with E-state index in [-0.39, 0.29) is 16.5 Å². The van der Waals surface area contributed by atoms with Crippen LogP contribution in [0, 0.1) is 6.92 Å². The number of nitrogens with zero attached hydrogens (tertiary/aromatic N) is 2. The van der Waals surface area contributed by atoms with Crippen LogP contribution >= 0.6 is 0 Å². The van der Waals surface area contributed by atoms with Crippen LogP contribution in [0.5, 0.6) is 11.5 Å². The maximum Gasteiger partial charge on any atom is 0.294 e. The number of fused-ring (bicyclic) bond motifs is 1. The molecule has 0 atom stereocenters. The molecule has 3 aromatic carbocycles. The number of hydrogen-bond donors (Lipinski definition) is 4. The number of nitrogens with two attached hydrogens (primary N) is 1. The van der Waals surface area contributed by atoms with Crippen LogP contribution in [-0.4, -0.2) is 38.2 Å². The highest BCUT2D eigenvalue weighted by Gasteiger charge is 2.20. The summed E-state index contributed by atoms with van der Waals surface area (Å²) < 4.78 is 70.0. The number of azo groups is 1. The zero-order chi connectivity index (χ0) is 23.1. The second kappa shape index (κ2) is 7.77. The maximum atomic E-state index is 11.7. The van der Waals surface area contributed by atoms with Gasteiger partial charge in [0.05, 0.1) is 39.3 Å². The molecule has 5 N–H and O–H groups in total. The molecule has 3 rings (SSSR count). The molecule has 11 nitrogen and oxygen atoms in total. The predicted octanol–water partition coefficient (Wildman–Crippen LogP) is 3.35. The second-order valence-electron chi connectivity index (χ2n) is 6.51. The van der Waals surface area contributed by atoms with Crippen molar-refractivity contribution in [2.75, 3.05) is 12.8 Å². The molecule has 0 aromatic heterocycles. The lowest BCUT2D eigenvalue weighted by Crippen LogP contribution is -2.00. The van der Waals surface area contributed by atoms with Gasteiger partial charge in [0.2, 0.25) is 0 Å². The molecule has 31 heavy (non-hydrogen) atoms. The molecule has 13 heteroatoms. The predicted molar refractivity (Wildman–Crippen MR) is 112 cm³/mol. The Labute approximate surface area is 177 Å². The van der Waals surface area contributed by atoms with E-state index in [1.165, 1.54) is 13.2 Å². The standard InChI is InChI=1S/C18H17N3O8S2/c1-9-3-13(19)17(29-2)8-14(9)20-21-15-6-11(30(23,24)25)4-10-5-12(31(26,27)28)7-16(22)18(10)15/h3-8,22H,19H2,1-2H3,(H,23,24,25)(H,26,27,28)/b21-20+.